The molecule has 12 heteroatoms. The van der Waals surface area contributed by atoms with Gasteiger partial charge in [-0.05, 0) is 55.6 Å². The van der Waals surface area contributed by atoms with Crippen LogP contribution >= 0.6 is 11.6 Å². The van der Waals surface area contributed by atoms with Crippen molar-refractivity contribution in [3.8, 4) is 6.07 Å². The molecule has 2 saturated heterocycles. The van der Waals surface area contributed by atoms with Gasteiger partial charge < -0.3 is 24.3 Å². The maximum atomic E-state index is 16.3. The van der Waals surface area contributed by atoms with Crippen molar-refractivity contribution in [2.45, 2.75) is 31.0 Å². The number of nitriles is 1. The van der Waals surface area contributed by atoms with Gasteiger partial charge in [-0.15, -0.1) is 0 Å². The van der Waals surface area contributed by atoms with Crippen LogP contribution in [0.25, 0.3) is 21.2 Å². The van der Waals surface area contributed by atoms with Gasteiger partial charge in [-0.3, -0.25) is 4.79 Å². The van der Waals surface area contributed by atoms with E-state index < -0.39 is 41.4 Å². The summed E-state index contributed by atoms with van der Waals surface area (Å²) >= 11 is 6.41. The zero-order valence-corrected chi connectivity index (χ0v) is 26.5. The average Bonchev–Trinajstić information content (AvgIpc) is 3.48. The van der Waals surface area contributed by atoms with E-state index in [1.165, 1.54) is 17.0 Å². The molecule has 3 aliphatic heterocycles. The maximum Gasteiger partial charge on any atom is 0.282 e. The van der Waals surface area contributed by atoms with Gasteiger partial charge in [0.1, 0.15) is 35.9 Å². The first-order chi connectivity index (χ1) is 22.6. The van der Waals surface area contributed by atoms with Crippen molar-refractivity contribution in [3.05, 3.63) is 99.8 Å². The minimum atomic E-state index is -1.12. The van der Waals surface area contributed by atoms with E-state index >= 15 is 4.39 Å². The lowest BCUT2D eigenvalue weighted by Gasteiger charge is -2.44. The molecule has 8 nitrogen and oxygen atoms in total. The van der Waals surface area contributed by atoms with E-state index in [0.29, 0.717) is 28.6 Å². The number of hydrogen-bond acceptors (Lipinski definition) is 6. The number of likely N-dealkylation sites (tertiary alicyclic amines) is 1. The Morgan fingerprint density at radius 2 is 2.02 bits per heavy atom. The summed E-state index contributed by atoms with van der Waals surface area (Å²) < 4.78 is 51.0. The number of aliphatic imine (C=N–C) groups is 1. The first-order valence-electron chi connectivity index (χ1n) is 15.4. The number of halogens is 4. The number of carbonyl (C=O) groups is 1. The van der Waals surface area contributed by atoms with Crippen molar-refractivity contribution >= 4 is 39.8 Å². The van der Waals surface area contributed by atoms with Crippen molar-refractivity contribution in [2.75, 3.05) is 46.4 Å². The fourth-order valence-corrected chi connectivity index (χ4v) is 7.27. The second-order valence-corrected chi connectivity index (χ2v) is 12.5. The summed E-state index contributed by atoms with van der Waals surface area (Å²) in [5.41, 5.74) is 1.18. The molecule has 2 aromatic rings. The van der Waals surface area contributed by atoms with Crippen molar-refractivity contribution < 1.29 is 22.7 Å². The van der Waals surface area contributed by atoms with E-state index in [-0.39, 0.29) is 54.3 Å². The van der Waals surface area contributed by atoms with Crippen LogP contribution < -0.4 is 0 Å². The highest BCUT2D eigenvalue weighted by Crippen LogP contribution is 2.43. The Bertz CT molecular complexity index is 1860. The van der Waals surface area contributed by atoms with Crippen LogP contribution in [-0.4, -0.2) is 91.0 Å². The van der Waals surface area contributed by atoms with Gasteiger partial charge in [-0.25, -0.2) is 24.7 Å². The summed E-state index contributed by atoms with van der Waals surface area (Å²) in [6, 6.07) is 9.00. The Kier molecular flexibility index (Phi) is 9.14. The minimum absolute atomic E-state index is 0.0646. The third-order valence-corrected chi connectivity index (χ3v) is 9.75. The van der Waals surface area contributed by atoms with Crippen LogP contribution in [0.3, 0.4) is 0 Å². The van der Waals surface area contributed by atoms with Crippen molar-refractivity contribution in [2.24, 2.45) is 10.9 Å². The second-order valence-electron chi connectivity index (χ2n) is 12.1. The fourth-order valence-electron chi connectivity index (χ4n) is 6.99. The molecule has 0 spiro atoms. The van der Waals surface area contributed by atoms with Gasteiger partial charge in [0.2, 0.25) is 12.4 Å². The van der Waals surface area contributed by atoms with Crippen LogP contribution in [-0.2, 0) is 9.53 Å². The monoisotopic (exact) mass is 660 g/mol. The van der Waals surface area contributed by atoms with Crippen LogP contribution in [0.5, 0.6) is 0 Å². The summed E-state index contributed by atoms with van der Waals surface area (Å²) in [7, 11) is 2.01. The predicted octanol–water partition coefficient (Wildman–Crippen LogP) is 6.08. The van der Waals surface area contributed by atoms with Crippen molar-refractivity contribution in [1.29, 1.82) is 5.26 Å². The van der Waals surface area contributed by atoms with E-state index in [4.69, 9.17) is 27.9 Å². The molecule has 0 radical (unpaired) electrons. The topological polar surface area (TPSA) is 76.5 Å². The lowest BCUT2D eigenvalue weighted by atomic mass is 9.81. The molecule has 2 unspecified atom stereocenters. The number of hydrogen-bond donors (Lipinski definition) is 0. The predicted molar refractivity (Wildman–Crippen MR) is 174 cm³/mol. The standard InChI is InChI=1S/C35H32ClF3N6O2/c1-20(37)35(46)45-13-12-44(18-23(45)17-41-2)33-26-14-29(39)25(24-8-4-6-21-9-10-28(38)32(36)31(21)24)15-30(26)42-34(27(33)16-40)47-19-22-7-5-11-43(22)3/h4,6,8-10,14-15,22-23,26,30H,1,5,7,11-13,17-19H2,3H3/t22-,23-,26?,30?/m0/s1. The number of benzene rings is 2. The van der Waals surface area contributed by atoms with Crippen LogP contribution in [0.15, 0.2) is 77.0 Å². The van der Waals surface area contributed by atoms with Crippen LogP contribution in [0.1, 0.15) is 18.4 Å². The molecule has 1 amide bonds. The van der Waals surface area contributed by atoms with Gasteiger partial charge in [-0.2, -0.15) is 5.26 Å². The molecule has 0 aromatic heterocycles. The Morgan fingerprint density at radius 3 is 2.72 bits per heavy atom. The SMILES string of the molecule is [C-]#[N+]C[C@H]1CN(C2=C(C#N)C(OC[C@@H]3CCCN3C)=NC3C=C(c4cccc5ccc(F)c(Cl)c45)C(F)=CC23)CCN1C(=O)C(=C)F. The van der Waals surface area contributed by atoms with Gasteiger partial charge in [0, 0.05) is 48.3 Å². The molecule has 0 saturated carbocycles. The molecule has 2 fully saturated rings. The van der Waals surface area contributed by atoms with Crippen molar-refractivity contribution in [3.63, 3.8) is 0 Å². The molecule has 2 aromatic carbocycles. The van der Waals surface area contributed by atoms with Crippen LogP contribution in [0.2, 0.25) is 5.02 Å². The minimum Gasteiger partial charge on any atom is -0.475 e. The van der Waals surface area contributed by atoms with Crippen LogP contribution in [0.4, 0.5) is 13.2 Å². The van der Waals surface area contributed by atoms with Gasteiger partial charge >= 0.3 is 0 Å². The Morgan fingerprint density at radius 1 is 1.21 bits per heavy atom. The highest BCUT2D eigenvalue weighted by Gasteiger charge is 2.42. The lowest BCUT2D eigenvalue weighted by molar-refractivity contribution is -0.132. The molecule has 0 bridgehead atoms. The number of rotatable bonds is 6. The molecule has 4 atom stereocenters. The number of amides is 1. The summed E-state index contributed by atoms with van der Waals surface area (Å²) in [6.45, 7) is 12.1. The number of allylic oxidation sites excluding steroid dienone is 2. The number of dihydropyridines is 1. The molecule has 242 valence electrons. The van der Waals surface area contributed by atoms with Crippen molar-refractivity contribution in [1.82, 2.24) is 14.7 Å². The van der Waals surface area contributed by atoms with E-state index in [1.807, 2.05) is 11.9 Å². The van der Waals surface area contributed by atoms with E-state index in [0.717, 1.165) is 19.4 Å². The Labute approximate surface area is 276 Å². The van der Waals surface area contributed by atoms with E-state index in [9.17, 15) is 18.8 Å². The van der Waals surface area contributed by atoms with Gasteiger partial charge in [0.15, 0.2) is 5.83 Å². The number of fused-ring (bicyclic) bond motifs is 2. The molecule has 4 aliphatic rings. The third-order valence-electron chi connectivity index (χ3n) is 9.38. The average molecular weight is 661 g/mol. The number of carbonyl (C=O) groups excluding carboxylic acids is 1. The highest BCUT2D eigenvalue weighted by atomic mass is 35.5. The molecule has 47 heavy (non-hydrogen) atoms. The van der Waals surface area contributed by atoms with E-state index in [2.05, 4.69) is 22.4 Å². The maximum absolute atomic E-state index is 16.3. The molecule has 1 aliphatic carbocycles. The first-order valence-corrected chi connectivity index (χ1v) is 15.8. The summed E-state index contributed by atoms with van der Waals surface area (Å²) in [5.74, 6) is -3.84. The fraction of sp³-hybridized carbons (Fsp3) is 0.371. The number of likely N-dealkylation sites (N-methyl/N-ethyl adjacent to an activating group) is 1. The molecular weight excluding hydrogens is 629 g/mol. The Hall–Kier alpha value is -4.58. The quantitative estimate of drug-likeness (QED) is 0.277. The van der Waals surface area contributed by atoms with Gasteiger partial charge in [0.25, 0.3) is 5.91 Å². The van der Waals surface area contributed by atoms with E-state index in [1.54, 1.807) is 30.3 Å². The summed E-state index contributed by atoms with van der Waals surface area (Å²) in [6.07, 6.45) is 5.00. The van der Waals surface area contributed by atoms with Gasteiger partial charge in [-0.1, -0.05) is 42.4 Å². The summed E-state index contributed by atoms with van der Waals surface area (Å²) in [5, 5.41) is 11.4. The Balaban J connectivity index is 1.43. The number of ether oxygens (including phenoxy) is 1. The first kappa shape index (κ1) is 32.4. The smallest absolute Gasteiger partial charge is 0.282 e. The highest BCUT2D eigenvalue weighted by molar-refractivity contribution is 6.36. The normalized spacial score (nSPS) is 24.6. The zero-order valence-electron chi connectivity index (χ0n) is 25.7. The summed E-state index contributed by atoms with van der Waals surface area (Å²) in [4.78, 5) is 26.2. The number of piperazine rings is 1. The molecule has 3 heterocycles. The third kappa shape index (κ3) is 6.02. The van der Waals surface area contributed by atoms with Crippen LogP contribution in [0, 0.1) is 29.6 Å². The largest absolute Gasteiger partial charge is 0.475 e. The number of nitrogens with zero attached hydrogens (tertiary/aromatic N) is 6. The second kappa shape index (κ2) is 13.3. The molecule has 6 rings (SSSR count). The zero-order chi connectivity index (χ0) is 33.4. The van der Waals surface area contributed by atoms with Gasteiger partial charge in [0.05, 0.1) is 11.1 Å². The molecule has 0 N–H and O–H groups in total. The molecular formula is C35H32ClF3N6O2. The lowest BCUT2D eigenvalue weighted by Crippen LogP contribution is -2.57.